The monoisotopic (exact) mass is 606 g/mol. The van der Waals surface area contributed by atoms with E-state index in [0.717, 1.165) is 31.9 Å². The minimum atomic E-state index is -1.46. The van der Waals surface area contributed by atoms with Gasteiger partial charge in [0.15, 0.2) is 5.82 Å². The molecular weight excluding hydrogens is 572 g/mol. The van der Waals surface area contributed by atoms with Crippen LogP contribution in [0, 0.1) is 0 Å². The van der Waals surface area contributed by atoms with Gasteiger partial charge in [-0.25, -0.2) is 4.98 Å². The second-order valence-corrected chi connectivity index (χ2v) is 10.7. The summed E-state index contributed by atoms with van der Waals surface area (Å²) in [5, 5.41) is 17.7. The zero-order valence-corrected chi connectivity index (χ0v) is 25.1. The average molecular weight is 607 g/mol. The van der Waals surface area contributed by atoms with E-state index >= 15 is 0 Å². The van der Waals surface area contributed by atoms with Gasteiger partial charge in [0.1, 0.15) is 11.3 Å². The summed E-state index contributed by atoms with van der Waals surface area (Å²) in [5.74, 6) is 0.165. The van der Waals surface area contributed by atoms with E-state index in [0.29, 0.717) is 28.5 Å². The van der Waals surface area contributed by atoms with Gasteiger partial charge in [0.2, 0.25) is 18.2 Å². The van der Waals surface area contributed by atoms with Crippen LogP contribution in [0.25, 0.3) is 0 Å². The Kier molecular flexibility index (Phi) is 8.32. The predicted octanol–water partition coefficient (Wildman–Crippen LogP) is 4.18. The molecule has 0 bridgehead atoms. The molecule has 2 amide bonds. The molecule has 1 aromatic heterocycles. The summed E-state index contributed by atoms with van der Waals surface area (Å²) in [6.45, 7) is 7.32. The number of nitrogens with zero attached hydrogens (tertiary/aromatic N) is 6. The van der Waals surface area contributed by atoms with Crippen LogP contribution in [-0.2, 0) is 4.79 Å². The third-order valence-electron chi connectivity index (χ3n) is 7.82. The maximum absolute atomic E-state index is 13.8. The van der Waals surface area contributed by atoms with Gasteiger partial charge in [-0.3, -0.25) is 19.4 Å². The lowest BCUT2D eigenvalue weighted by Crippen LogP contribution is -2.54. The standard InChI is InChI=1S/C33H34N8O4/c1-4-29(42)35-22-9-8-12-25(19-22)40-30-26(31(43)41(33(40)44)23-10-6-5-7-11-23)21-34-32(37-30)36-27-14-13-24(20-28(27)45-3)39-17-15-38(2)16-18-39/h4-14,19-21,33,44H,1,15-18H2,2-3H3,(H,35,42)(H,34,36,37). The molecule has 3 aromatic carbocycles. The number of anilines is 7. The van der Waals surface area contributed by atoms with Gasteiger partial charge in [-0.05, 0) is 55.6 Å². The first-order chi connectivity index (χ1) is 21.9. The molecule has 3 N–H and O–H groups in total. The Bertz CT molecular complexity index is 1730. The van der Waals surface area contributed by atoms with Gasteiger partial charge >= 0.3 is 0 Å². The highest BCUT2D eigenvalue weighted by Gasteiger charge is 2.40. The van der Waals surface area contributed by atoms with Crippen molar-refractivity contribution in [2.45, 2.75) is 6.35 Å². The quantitative estimate of drug-likeness (QED) is 0.252. The Morgan fingerprint density at radius 2 is 1.73 bits per heavy atom. The zero-order valence-electron chi connectivity index (χ0n) is 25.1. The van der Waals surface area contributed by atoms with Crippen LogP contribution in [0.15, 0.2) is 91.6 Å². The number of benzene rings is 3. The van der Waals surface area contributed by atoms with Crippen molar-refractivity contribution in [2.24, 2.45) is 0 Å². The first-order valence-corrected chi connectivity index (χ1v) is 14.5. The number of aliphatic hydroxyl groups is 1. The summed E-state index contributed by atoms with van der Waals surface area (Å²) in [7, 11) is 3.73. The van der Waals surface area contributed by atoms with Gasteiger partial charge in [-0.15, -0.1) is 0 Å². The van der Waals surface area contributed by atoms with Gasteiger partial charge in [0.05, 0.1) is 12.8 Å². The number of piperazine rings is 1. The number of methoxy groups -OCH3 is 1. The second-order valence-electron chi connectivity index (χ2n) is 10.7. The maximum atomic E-state index is 13.8. The number of likely N-dealkylation sites (N-methyl/N-ethyl adjacent to an activating group) is 1. The largest absolute Gasteiger partial charge is 0.494 e. The Labute approximate surface area is 261 Å². The summed E-state index contributed by atoms with van der Waals surface area (Å²) in [6.07, 6.45) is 1.15. The number of aromatic nitrogens is 2. The Morgan fingerprint density at radius 3 is 2.47 bits per heavy atom. The first kappa shape index (κ1) is 29.6. The van der Waals surface area contributed by atoms with Crippen LogP contribution in [-0.4, -0.2) is 78.5 Å². The molecule has 1 atom stereocenters. The highest BCUT2D eigenvalue weighted by atomic mass is 16.5. The van der Waals surface area contributed by atoms with Crippen molar-refractivity contribution in [3.8, 4) is 5.75 Å². The molecule has 0 saturated carbocycles. The topological polar surface area (TPSA) is 126 Å². The Morgan fingerprint density at radius 1 is 0.978 bits per heavy atom. The van der Waals surface area contributed by atoms with E-state index in [-0.39, 0.29) is 23.2 Å². The van der Waals surface area contributed by atoms with Gasteiger partial charge in [-0.1, -0.05) is 30.8 Å². The van der Waals surface area contributed by atoms with Crippen molar-refractivity contribution in [3.63, 3.8) is 0 Å². The number of nitrogens with one attached hydrogen (secondary N) is 2. The van der Waals surface area contributed by atoms with Crippen molar-refractivity contribution < 1.29 is 19.4 Å². The molecule has 4 aromatic rings. The number of para-hydroxylation sites is 1. The fourth-order valence-corrected chi connectivity index (χ4v) is 5.41. The van der Waals surface area contributed by atoms with Crippen molar-refractivity contribution >= 4 is 52.0 Å². The molecule has 1 unspecified atom stereocenters. The number of hydrogen-bond donors (Lipinski definition) is 3. The van der Waals surface area contributed by atoms with Crippen LogP contribution in [0.1, 0.15) is 10.4 Å². The van der Waals surface area contributed by atoms with Crippen LogP contribution in [0.3, 0.4) is 0 Å². The average Bonchev–Trinajstić information content (AvgIpc) is 3.06. The van der Waals surface area contributed by atoms with Crippen LogP contribution in [0.4, 0.5) is 40.2 Å². The lowest BCUT2D eigenvalue weighted by molar-refractivity contribution is -0.111. The van der Waals surface area contributed by atoms with Gasteiger partial charge in [0.25, 0.3) is 5.91 Å². The number of carbonyl (C=O) groups excluding carboxylic acids is 2. The third kappa shape index (κ3) is 6.01. The number of rotatable bonds is 8. The SMILES string of the molecule is C=CC(=O)Nc1cccc(N2c3nc(Nc4ccc(N5CCN(C)CC5)cc4OC)ncc3C(=O)N(c3ccccc3)C2O)c1. The zero-order chi connectivity index (χ0) is 31.5. The summed E-state index contributed by atoms with van der Waals surface area (Å²) in [6, 6.07) is 21.7. The number of carbonyl (C=O) groups is 2. The molecule has 2 aliphatic heterocycles. The number of ether oxygens (including phenoxy) is 1. The Balaban J connectivity index is 1.38. The van der Waals surface area contributed by atoms with E-state index in [1.807, 2.05) is 24.3 Å². The smallest absolute Gasteiger partial charge is 0.267 e. The number of amides is 2. The van der Waals surface area contributed by atoms with Crippen molar-refractivity contribution in [3.05, 3.63) is 97.2 Å². The Hall–Kier alpha value is -5.46. The van der Waals surface area contributed by atoms with Crippen molar-refractivity contribution in [1.29, 1.82) is 0 Å². The number of aliphatic hydroxyl groups excluding tert-OH is 1. The normalized spacial score (nSPS) is 16.6. The molecule has 3 heterocycles. The molecule has 12 heteroatoms. The number of fused-ring (bicyclic) bond motifs is 1. The van der Waals surface area contributed by atoms with Gasteiger partial charge in [0, 0.05) is 61.2 Å². The molecule has 12 nitrogen and oxygen atoms in total. The summed E-state index contributed by atoms with van der Waals surface area (Å²) in [5.41, 5.74) is 3.34. The molecule has 1 saturated heterocycles. The van der Waals surface area contributed by atoms with Crippen LogP contribution < -0.4 is 30.1 Å². The molecule has 2 aliphatic rings. The van der Waals surface area contributed by atoms with E-state index in [1.165, 1.54) is 22.1 Å². The van der Waals surface area contributed by atoms with Gasteiger partial charge < -0.3 is 30.3 Å². The molecule has 0 spiro atoms. The minimum absolute atomic E-state index is 0.188. The summed E-state index contributed by atoms with van der Waals surface area (Å²) < 4.78 is 5.72. The van der Waals surface area contributed by atoms with Crippen molar-refractivity contribution in [1.82, 2.24) is 14.9 Å². The second kappa shape index (κ2) is 12.6. The van der Waals surface area contributed by atoms with Gasteiger partial charge in [-0.2, -0.15) is 4.98 Å². The maximum Gasteiger partial charge on any atom is 0.267 e. The molecule has 45 heavy (non-hydrogen) atoms. The van der Waals surface area contributed by atoms with E-state index in [9.17, 15) is 14.7 Å². The van der Waals surface area contributed by atoms with E-state index in [1.54, 1.807) is 55.6 Å². The highest BCUT2D eigenvalue weighted by molar-refractivity contribution is 6.12. The fraction of sp³-hybridized carbons (Fsp3) is 0.212. The van der Waals surface area contributed by atoms with E-state index in [4.69, 9.17) is 9.72 Å². The lowest BCUT2D eigenvalue weighted by Gasteiger charge is -2.41. The fourth-order valence-electron chi connectivity index (χ4n) is 5.41. The van der Waals surface area contributed by atoms with Crippen molar-refractivity contribution in [2.75, 3.05) is 65.7 Å². The van der Waals surface area contributed by atoms with E-state index in [2.05, 4.69) is 39.0 Å². The molecule has 6 rings (SSSR count). The number of hydrogen-bond acceptors (Lipinski definition) is 10. The summed E-state index contributed by atoms with van der Waals surface area (Å²) in [4.78, 5) is 42.4. The third-order valence-corrected chi connectivity index (χ3v) is 7.82. The van der Waals surface area contributed by atoms with Crippen LogP contribution >= 0.6 is 0 Å². The molecule has 0 aliphatic carbocycles. The van der Waals surface area contributed by atoms with Crippen LogP contribution in [0.5, 0.6) is 5.75 Å². The molecular formula is C33H34N8O4. The molecule has 0 radical (unpaired) electrons. The first-order valence-electron chi connectivity index (χ1n) is 14.5. The lowest BCUT2D eigenvalue weighted by atomic mass is 10.1. The molecule has 230 valence electrons. The minimum Gasteiger partial charge on any atom is -0.494 e. The molecule has 1 fully saturated rings. The summed E-state index contributed by atoms with van der Waals surface area (Å²) >= 11 is 0. The van der Waals surface area contributed by atoms with E-state index < -0.39 is 12.3 Å². The van der Waals surface area contributed by atoms with Crippen LogP contribution in [0.2, 0.25) is 0 Å². The highest BCUT2D eigenvalue weighted by Crippen LogP contribution is 2.39. The predicted molar refractivity (Wildman–Crippen MR) is 175 cm³/mol.